The molecule has 0 saturated carbocycles. The van der Waals surface area contributed by atoms with E-state index in [9.17, 15) is 0 Å². The molecule has 0 bridgehead atoms. The Morgan fingerprint density at radius 1 is 0.897 bits per heavy atom. The Labute approximate surface area is 190 Å². The average molecular weight is 463 g/mol. The monoisotopic (exact) mass is 461 g/mol. The Kier molecular flexibility index (Phi) is 7.14. The SMILES string of the molecule is CCc1ccc(Nc2n[n+](-c3ccccc3)c(-c3c(Cl)cccc3Cl)s2)cc1.[Cl-]. The van der Waals surface area contributed by atoms with E-state index < -0.39 is 0 Å². The zero-order valence-corrected chi connectivity index (χ0v) is 18.7. The Hall–Kier alpha value is -2.11. The number of nitrogens with zero attached hydrogens (tertiary/aromatic N) is 2. The maximum atomic E-state index is 6.49. The first-order valence-electron chi connectivity index (χ1n) is 8.94. The van der Waals surface area contributed by atoms with Gasteiger partial charge in [0.1, 0.15) is 0 Å². The molecule has 0 aliphatic rings. The molecule has 3 aromatic carbocycles. The lowest BCUT2D eigenvalue weighted by Gasteiger charge is -2.01. The minimum Gasteiger partial charge on any atom is -1.00 e. The molecule has 148 valence electrons. The van der Waals surface area contributed by atoms with E-state index >= 15 is 0 Å². The zero-order valence-electron chi connectivity index (χ0n) is 15.6. The molecule has 3 nitrogen and oxygen atoms in total. The fraction of sp³-hybridized carbons (Fsp3) is 0.0909. The van der Waals surface area contributed by atoms with Gasteiger partial charge in [0.05, 0.1) is 15.6 Å². The highest BCUT2D eigenvalue weighted by molar-refractivity contribution is 7.18. The van der Waals surface area contributed by atoms with Crippen molar-refractivity contribution in [1.29, 1.82) is 0 Å². The lowest BCUT2D eigenvalue weighted by atomic mass is 10.1. The highest BCUT2D eigenvalue weighted by atomic mass is 35.5. The second-order valence-electron chi connectivity index (χ2n) is 6.23. The number of para-hydroxylation sites is 1. The average Bonchev–Trinajstić information content (AvgIpc) is 3.12. The van der Waals surface area contributed by atoms with Gasteiger partial charge in [-0.3, -0.25) is 0 Å². The minimum absolute atomic E-state index is 0. The molecule has 29 heavy (non-hydrogen) atoms. The van der Waals surface area contributed by atoms with Crippen LogP contribution in [-0.4, -0.2) is 5.10 Å². The summed E-state index contributed by atoms with van der Waals surface area (Å²) in [5.41, 5.74) is 4.01. The molecular formula is C22H18Cl3N3S. The number of anilines is 2. The third-order valence-corrected chi connectivity index (χ3v) is 5.94. The highest BCUT2D eigenvalue weighted by Gasteiger charge is 2.28. The van der Waals surface area contributed by atoms with Crippen LogP contribution in [0.15, 0.2) is 72.8 Å². The van der Waals surface area contributed by atoms with E-state index in [4.69, 9.17) is 28.3 Å². The number of benzene rings is 3. The lowest BCUT2D eigenvalue weighted by Crippen LogP contribution is -3.00. The molecule has 0 radical (unpaired) electrons. The van der Waals surface area contributed by atoms with Crippen LogP contribution in [0.4, 0.5) is 10.8 Å². The summed E-state index contributed by atoms with van der Waals surface area (Å²) in [5, 5.41) is 11.0. The van der Waals surface area contributed by atoms with Crippen LogP contribution >= 0.6 is 34.5 Å². The third kappa shape index (κ3) is 4.73. The van der Waals surface area contributed by atoms with E-state index in [-0.39, 0.29) is 12.4 Å². The molecule has 0 amide bonds. The highest BCUT2D eigenvalue weighted by Crippen LogP contribution is 2.37. The number of rotatable bonds is 5. The molecule has 4 aromatic rings. The van der Waals surface area contributed by atoms with Gasteiger partial charge in [-0.25, -0.2) is 0 Å². The van der Waals surface area contributed by atoms with Crippen LogP contribution < -0.4 is 22.4 Å². The topological polar surface area (TPSA) is 28.8 Å². The van der Waals surface area contributed by atoms with Crippen molar-refractivity contribution < 1.29 is 17.1 Å². The van der Waals surface area contributed by atoms with E-state index in [2.05, 4.69) is 36.5 Å². The molecule has 7 heteroatoms. The quantitative estimate of drug-likeness (QED) is 0.458. The molecule has 0 spiro atoms. The van der Waals surface area contributed by atoms with Crippen molar-refractivity contribution >= 4 is 45.4 Å². The van der Waals surface area contributed by atoms with Crippen molar-refractivity contribution in [2.24, 2.45) is 0 Å². The summed E-state index contributed by atoms with van der Waals surface area (Å²) in [7, 11) is 0. The van der Waals surface area contributed by atoms with Crippen LogP contribution in [0, 0.1) is 0 Å². The van der Waals surface area contributed by atoms with Crippen molar-refractivity contribution in [2.75, 3.05) is 5.32 Å². The van der Waals surface area contributed by atoms with Gasteiger partial charge >= 0.3 is 5.01 Å². The van der Waals surface area contributed by atoms with E-state index in [0.29, 0.717) is 10.0 Å². The maximum absolute atomic E-state index is 6.49. The van der Waals surface area contributed by atoms with Gasteiger partial charge in [0, 0.05) is 22.9 Å². The van der Waals surface area contributed by atoms with Crippen LogP contribution in [0.25, 0.3) is 16.3 Å². The molecule has 0 aliphatic heterocycles. The van der Waals surface area contributed by atoms with Crippen molar-refractivity contribution in [2.45, 2.75) is 13.3 Å². The maximum Gasteiger partial charge on any atom is 0.307 e. The van der Waals surface area contributed by atoms with Gasteiger partial charge in [0.25, 0.3) is 5.13 Å². The molecular weight excluding hydrogens is 445 g/mol. The fourth-order valence-electron chi connectivity index (χ4n) is 2.89. The Balaban J connectivity index is 0.00000240. The molecule has 0 aliphatic carbocycles. The van der Waals surface area contributed by atoms with Gasteiger partial charge in [0.15, 0.2) is 0 Å². The van der Waals surface area contributed by atoms with Crippen molar-refractivity contribution in [3.05, 3.63) is 88.4 Å². The lowest BCUT2D eigenvalue weighted by molar-refractivity contribution is -0.642. The Morgan fingerprint density at radius 3 is 2.17 bits per heavy atom. The molecule has 0 saturated heterocycles. The van der Waals surface area contributed by atoms with Gasteiger partial charge in [-0.15, -0.1) is 0 Å². The molecule has 0 unspecified atom stereocenters. The van der Waals surface area contributed by atoms with E-state index in [0.717, 1.165) is 33.5 Å². The Morgan fingerprint density at radius 2 is 1.55 bits per heavy atom. The summed E-state index contributed by atoms with van der Waals surface area (Å²) in [6.45, 7) is 2.14. The third-order valence-electron chi connectivity index (χ3n) is 4.37. The first-order chi connectivity index (χ1) is 13.7. The Bertz CT molecular complexity index is 1080. The van der Waals surface area contributed by atoms with Crippen molar-refractivity contribution in [3.63, 3.8) is 0 Å². The van der Waals surface area contributed by atoms with Crippen LogP contribution in [-0.2, 0) is 6.42 Å². The molecule has 1 heterocycles. The first kappa shape index (κ1) is 21.6. The summed E-state index contributed by atoms with van der Waals surface area (Å²) in [5.74, 6) is 0. The summed E-state index contributed by atoms with van der Waals surface area (Å²) >= 11 is 14.5. The molecule has 0 atom stereocenters. The van der Waals surface area contributed by atoms with E-state index in [1.807, 2.05) is 53.2 Å². The predicted octanol–water partition coefficient (Wildman–Crippen LogP) is 3.70. The molecule has 1 N–H and O–H groups in total. The molecule has 1 aromatic heterocycles. The van der Waals surface area contributed by atoms with Gasteiger partial charge in [0.2, 0.25) is 5.69 Å². The van der Waals surface area contributed by atoms with Crippen LogP contribution in [0.1, 0.15) is 12.5 Å². The van der Waals surface area contributed by atoms with Gasteiger partial charge in [-0.2, -0.15) is 0 Å². The first-order valence-corrected chi connectivity index (χ1v) is 10.5. The van der Waals surface area contributed by atoms with Crippen LogP contribution in [0.2, 0.25) is 10.0 Å². The standard InChI is InChI=1S/C22H18Cl2N3S.ClH/c1-2-15-11-13-16(14-12-15)25-22-26-27(17-7-4-3-5-8-17)21(28-22)20-18(23)9-6-10-19(20)24;/h3-14H,2H2,1H3,(H,25,26);1H/q+1;/p-1. The molecule has 4 rings (SSSR count). The number of nitrogens with one attached hydrogen (secondary N) is 1. The van der Waals surface area contributed by atoms with Crippen molar-refractivity contribution in [1.82, 2.24) is 5.10 Å². The fourth-order valence-corrected chi connectivity index (χ4v) is 4.61. The van der Waals surface area contributed by atoms with Gasteiger partial charge in [-0.1, -0.05) is 66.5 Å². The minimum atomic E-state index is 0. The zero-order chi connectivity index (χ0) is 19.5. The second-order valence-corrected chi connectivity index (χ2v) is 8.02. The number of aryl methyl sites for hydroxylation is 1. The van der Waals surface area contributed by atoms with Gasteiger partial charge < -0.3 is 17.7 Å². The normalized spacial score (nSPS) is 10.4. The van der Waals surface area contributed by atoms with E-state index in [1.54, 1.807) is 0 Å². The van der Waals surface area contributed by atoms with Crippen molar-refractivity contribution in [3.8, 4) is 16.3 Å². The van der Waals surface area contributed by atoms with Crippen LogP contribution in [0.3, 0.4) is 0 Å². The summed E-state index contributed by atoms with van der Waals surface area (Å²) in [6, 6.07) is 23.9. The summed E-state index contributed by atoms with van der Waals surface area (Å²) in [4.78, 5) is 0. The smallest absolute Gasteiger partial charge is 0.307 e. The number of aromatic nitrogens is 2. The van der Waals surface area contributed by atoms with Gasteiger partial charge in [-0.05, 0) is 52.3 Å². The number of hydrogen-bond donors (Lipinski definition) is 1. The number of halogens is 3. The number of hydrogen-bond acceptors (Lipinski definition) is 3. The summed E-state index contributed by atoms with van der Waals surface area (Å²) in [6.07, 6.45) is 1.01. The molecule has 0 fully saturated rings. The van der Waals surface area contributed by atoms with E-state index in [1.165, 1.54) is 16.9 Å². The predicted molar refractivity (Wildman–Crippen MR) is 118 cm³/mol. The van der Waals surface area contributed by atoms with Crippen LogP contribution in [0.5, 0.6) is 0 Å². The largest absolute Gasteiger partial charge is 1.00 e. The summed E-state index contributed by atoms with van der Waals surface area (Å²) < 4.78 is 1.88. The second kappa shape index (κ2) is 9.59.